The average Bonchev–Trinajstić information content (AvgIpc) is 2.37. The number of hydrogen-bond donors (Lipinski definition) is 1. The lowest BCUT2D eigenvalue weighted by molar-refractivity contribution is -0.129. The molecule has 0 radical (unpaired) electrons. The molecule has 18 heavy (non-hydrogen) atoms. The van der Waals surface area contributed by atoms with Crippen LogP contribution in [0, 0.1) is 0 Å². The SMILES string of the molecule is CN(C)C(=O)CCN1CCC(OCCCN)CC1. The molecule has 1 amide bonds. The molecule has 5 nitrogen and oxygen atoms in total. The largest absolute Gasteiger partial charge is 0.378 e. The lowest BCUT2D eigenvalue weighted by Crippen LogP contribution is -2.39. The van der Waals surface area contributed by atoms with Gasteiger partial charge in [-0.1, -0.05) is 0 Å². The van der Waals surface area contributed by atoms with Crippen molar-refractivity contribution >= 4 is 5.91 Å². The second kappa shape index (κ2) is 8.45. The first-order valence-corrected chi connectivity index (χ1v) is 6.87. The molecule has 1 fully saturated rings. The topological polar surface area (TPSA) is 58.8 Å². The normalized spacial score (nSPS) is 17.9. The zero-order valence-electron chi connectivity index (χ0n) is 11.7. The molecular weight excluding hydrogens is 230 g/mol. The van der Waals surface area contributed by atoms with Crippen LogP contribution in [0.15, 0.2) is 0 Å². The maximum absolute atomic E-state index is 11.5. The van der Waals surface area contributed by atoms with Gasteiger partial charge in [-0.3, -0.25) is 4.79 Å². The van der Waals surface area contributed by atoms with Gasteiger partial charge in [0, 0.05) is 46.8 Å². The van der Waals surface area contributed by atoms with E-state index in [2.05, 4.69) is 4.90 Å². The Morgan fingerprint density at radius 1 is 1.39 bits per heavy atom. The number of piperidine rings is 1. The fourth-order valence-corrected chi connectivity index (χ4v) is 2.11. The fraction of sp³-hybridized carbons (Fsp3) is 0.923. The highest BCUT2D eigenvalue weighted by molar-refractivity contribution is 5.75. The van der Waals surface area contributed by atoms with Crippen LogP contribution in [-0.2, 0) is 9.53 Å². The van der Waals surface area contributed by atoms with Crippen LogP contribution in [0.3, 0.4) is 0 Å². The first kappa shape index (κ1) is 15.4. The molecule has 1 aliphatic heterocycles. The summed E-state index contributed by atoms with van der Waals surface area (Å²) in [4.78, 5) is 15.5. The maximum Gasteiger partial charge on any atom is 0.223 e. The number of ether oxygens (including phenoxy) is 1. The second-order valence-electron chi connectivity index (χ2n) is 5.09. The smallest absolute Gasteiger partial charge is 0.223 e. The molecule has 0 aromatic carbocycles. The van der Waals surface area contributed by atoms with E-state index < -0.39 is 0 Å². The Kier molecular flexibility index (Phi) is 7.23. The molecule has 0 bridgehead atoms. The van der Waals surface area contributed by atoms with Crippen LogP contribution in [0.1, 0.15) is 25.7 Å². The summed E-state index contributed by atoms with van der Waals surface area (Å²) >= 11 is 0. The zero-order valence-corrected chi connectivity index (χ0v) is 11.7. The lowest BCUT2D eigenvalue weighted by atomic mass is 10.1. The van der Waals surface area contributed by atoms with Crippen molar-refractivity contribution < 1.29 is 9.53 Å². The van der Waals surface area contributed by atoms with Gasteiger partial charge in [0.1, 0.15) is 0 Å². The van der Waals surface area contributed by atoms with E-state index in [9.17, 15) is 4.79 Å². The predicted octanol–water partition coefficient (Wildman–Crippen LogP) is 0.295. The van der Waals surface area contributed by atoms with Crippen molar-refractivity contribution in [1.29, 1.82) is 0 Å². The Balaban J connectivity index is 2.10. The minimum atomic E-state index is 0.205. The van der Waals surface area contributed by atoms with Crippen LogP contribution in [0.2, 0.25) is 0 Å². The molecule has 0 aromatic rings. The molecule has 0 unspecified atom stereocenters. The molecule has 5 heteroatoms. The third-order valence-corrected chi connectivity index (χ3v) is 3.38. The van der Waals surface area contributed by atoms with Crippen LogP contribution in [0.5, 0.6) is 0 Å². The number of nitrogens with zero attached hydrogens (tertiary/aromatic N) is 2. The minimum Gasteiger partial charge on any atom is -0.378 e. The standard InChI is InChI=1S/C13H27N3O2/c1-15(2)13(17)6-10-16-8-4-12(5-9-16)18-11-3-7-14/h12H,3-11,14H2,1-2H3. The van der Waals surface area contributed by atoms with Crippen LogP contribution >= 0.6 is 0 Å². The van der Waals surface area contributed by atoms with Crippen molar-refractivity contribution in [2.75, 3.05) is 46.9 Å². The molecule has 2 N–H and O–H groups in total. The average molecular weight is 257 g/mol. The van der Waals surface area contributed by atoms with Gasteiger partial charge < -0.3 is 20.3 Å². The maximum atomic E-state index is 11.5. The summed E-state index contributed by atoms with van der Waals surface area (Å²) in [5.41, 5.74) is 5.43. The predicted molar refractivity (Wildman–Crippen MR) is 72.4 cm³/mol. The minimum absolute atomic E-state index is 0.205. The van der Waals surface area contributed by atoms with Gasteiger partial charge in [0.05, 0.1) is 6.10 Å². The van der Waals surface area contributed by atoms with Gasteiger partial charge in [-0.25, -0.2) is 0 Å². The summed E-state index contributed by atoms with van der Waals surface area (Å²) in [5, 5.41) is 0. The molecule has 0 spiro atoms. The number of nitrogens with two attached hydrogens (primary N) is 1. The number of amides is 1. The van der Waals surface area contributed by atoms with Crippen molar-refractivity contribution in [2.45, 2.75) is 31.8 Å². The highest BCUT2D eigenvalue weighted by Gasteiger charge is 2.19. The van der Waals surface area contributed by atoms with Gasteiger partial charge in [-0.15, -0.1) is 0 Å². The van der Waals surface area contributed by atoms with E-state index in [0.717, 1.165) is 45.5 Å². The molecule has 0 aromatic heterocycles. The number of rotatable bonds is 7. The summed E-state index contributed by atoms with van der Waals surface area (Å²) < 4.78 is 5.75. The highest BCUT2D eigenvalue weighted by Crippen LogP contribution is 2.14. The summed E-state index contributed by atoms with van der Waals surface area (Å²) in [7, 11) is 3.61. The first-order chi connectivity index (χ1) is 8.63. The van der Waals surface area contributed by atoms with Crippen molar-refractivity contribution in [1.82, 2.24) is 9.80 Å². The van der Waals surface area contributed by atoms with Crippen molar-refractivity contribution in [3.05, 3.63) is 0 Å². The monoisotopic (exact) mass is 257 g/mol. The first-order valence-electron chi connectivity index (χ1n) is 6.87. The van der Waals surface area contributed by atoms with Crippen molar-refractivity contribution in [2.24, 2.45) is 5.73 Å². The van der Waals surface area contributed by atoms with E-state index >= 15 is 0 Å². The number of carbonyl (C=O) groups excluding carboxylic acids is 1. The van der Waals surface area contributed by atoms with Crippen molar-refractivity contribution in [3.63, 3.8) is 0 Å². The van der Waals surface area contributed by atoms with Gasteiger partial charge in [0.2, 0.25) is 5.91 Å². The number of hydrogen-bond acceptors (Lipinski definition) is 4. The summed E-state index contributed by atoms with van der Waals surface area (Å²) in [6, 6.07) is 0. The molecule has 1 saturated heterocycles. The van der Waals surface area contributed by atoms with Gasteiger partial charge in [-0.05, 0) is 25.8 Å². The number of carbonyl (C=O) groups is 1. The molecule has 1 rings (SSSR count). The van der Waals surface area contributed by atoms with Crippen LogP contribution in [0.4, 0.5) is 0 Å². The Morgan fingerprint density at radius 2 is 2.06 bits per heavy atom. The van der Waals surface area contributed by atoms with E-state index in [4.69, 9.17) is 10.5 Å². The van der Waals surface area contributed by atoms with Crippen LogP contribution < -0.4 is 5.73 Å². The summed E-state index contributed by atoms with van der Waals surface area (Å²) in [6.45, 7) is 4.42. The summed E-state index contributed by atoms with van der Waals surface area (Å²) in [6.07, 6.45) is 4.09. The fourth-order valence-electron chi connectivity index (χ4n) is 2.11. The third kappa shape index (κ3) is 5.80. The van der Waals surface area contributed by atoms with E-state index in [1.54, 1.807) is 19.0 Å². The van der Waals surface area contributed by atoms with E-state index in [0.29, 0.717) is 19.1 Å². The van der Waals surface area contributed by atoms with E-state index in [-0.39, 0.29) is 5.91 Å². The molecule has 1 aliphatic rings. The molecule has 106 valence electrons. The van der Waals surface area contributed by atoms with Crippen LogP contribution in [-0.4, -0.2) is 68.7 Å². The van der Waals surface area contributed by atoms with Crippen molar-refractivity contribution in [3.8, 4) is 0 Å². The molecule has 0 aliphatic carbocycles. The van der Waals surface area contributed by atoms with Crippen LogP contribution in [0.25, 0.3) is 0 Å². The Hall–Kier alpha value is -0.650. The summed E-state index contributed by atoms with van der Waals surface area (Å²) in [5.74, 6) is 0.205. The number of likely N-dealkylation sites (tertiary alicyclic amines) is 1. The molecule has 0 saturated carbocycles. The van der Waals surface area contributed by atoms with Gasteiger partial charge >= 0.3 is 0 Å². The van der Waals surface area contributed by atoms with E-state index in [1.807, 2.05) is 0 Å². The Morgan fingerprint density at radius 3 is 2.61 bits per heavy atom. The second-order valence-corrected chi connectivity index (χ2v) is 5.09. The molecular formula is C13H27N3O2. The Labute approximate surface area is 110 Å². The zero-order chi connectivity index (χ0) is 13.4. The Bertz CT molecular complexity index is 238. The lowest BCUT2D eigenvalue weighted by Gasteiger charge is -2.31. The molecule has 1 heterocycles. The quantitative estimate of drug-likeness (QED) is 0.666. The highest BCUT2D eigenvalue weighted by atomic mass is 16.5. The van der Waals surface area contributed by atoms with Gasteiger partial charge in [-0.2, -0.15) is 0 Å². The van der Waals surface area contributed by atoms with Gasteiger partial charge in [0.15, 0.2) is 0 Å². The third-order valence-electron chi connectivity index (χ3n) is 3.38. The van der Waals surface area contributed by atoms with Gasteiger partial charge in [0.25, 0.3) is 0 Å². The van der Waals surface area contributed by atoms with E-state index in [1.165, 1.54) is 0 Å². The molecule has 0 atom stereocenters.